The molecule has 35 heavy (non-hydrogen) atoms. The number of hydrogen-bond acceptors (Lipinski definition) is 6. The first-order valence-corrected chi connectivity index (χ1v) is 13.4. The summed E-state index contributed by atoms with van der Waals surface area (Å²) in [5, 5.41) is 4.11. The molecule has 184 valence electrons. The third kappa shape index (κ3) is 4.80. The van der Waals surface area contributed by atoms with Crippen molar-refractivity contribution >= 4 is 27.6 Å². The second kappa shape index (κ2) is 9.64. The molecule has 1 atom stereocenters. The second-order valence-corrected chi connectivity index (χ2v) is 11.3. The summed E-state index contributed by atoms with van der Waals surface area (Å²) >= 11 is 0. The first-order valence-electron chi connectivity index (χ1n) is 11.8. The Morgan fingerprint density at radius 1 is 1.06 bits per heavy atom. The number of carbonyl (C=O) groups excluding carboxylic acids is 1. The molecule has 0 aliphatic carbocycles. The van der Waals surface area contributed by atoms with Crippen LogP contribution in [0.5, 0.6) is 0 Å². The topological polar surface area (TPSA) is 79.3 Å². The van der Waals surface area contributed by atoms with Crippen LogP contribution in [-0.4, -0.2) is 67.4 Å². The highest BCUT2D eigenvalue weighted by Crippen LogP contribution is 2.39. The molecule has 1 unspecified atom stereocenters. The van der Waals surface area contributed by atoms with E-state index in [9.17, 15) is 17.6 Å². The average Bonchev–Trinajstić information content (AvgIpc) is 3.23. The number of sulfonamides is 1. The van der Waals surface area contributed by atoms with E-state index in [0.29, 0.717) is 44.7 Å². The van der Waals surface area contributed by atoms with Gasteiger partial charge in [-0.1, -0.05) is 53.7 Å². The molecule has 1 fully saturated rings. The Balaban J connectivity index is 1.29. The number of halogens is 1. The SMILES string of the molecule is O=CC1=NOC2(CCN(S(=O)(=O)Cc3ccccc3)CC2)C1N1CC=C(c2ccc(F)cc2)CC1. The molecule has 7 nitrogen and oxygen atoms in total. The van der Waals surface area contributed by atoms with E-state index in [4.69, 9.17) is 4.84 Å². The Morgan fingerprint density at radius 2 is 1.77 bits per heavy atom. The van der Waals surface area contributed by atoms with Gasteiger partial charge in [-0.25, -0.2) is 17.1 Å². The first kappa shape index (κ1) is 23.8. The Hall–Kier alpha value is -2.88. The van der Waals surface area contributed by atoms with E-state index < -0.39 is 15.6 Å². The predicted octanol–water partition coefficient (Wildman–Crippen LogP) is 3.23. The Bertz CT molecular complexity index is 1240. The molecule has 2 aromatic rings. The van der Waals surface area contributed by atoms with Gasteiger partial charge < -0.3 is 4.84 Å². The summed E-state index contributed by atoms with van der Waals surface area (Å²) in [4.78, 5) is 19.9. The lowest BCUT2D eigenvalue weighted by atomic mass is 9.81. The quantitative estimate of drug-likeness (QED) is 0.573. The Morgan fingerprint density at radius 3 is 2.40 bits per heavy atom. The number of aldehydes is 1. The lowest BCUT2D eigenvalue weighted by molar-refractivity contribution is -0.103. The van der Waals surface area contributed by atoms with Crippen LogP contribution < -0.4 is 0 Å². The Labute approximate surface area is 204 Å². The zero-order valence-corrected chi connectivity index (χ0v) is 20.2. The van der Waals surface area contributed by atoms with Crippen LogP contribution in [0.3, 0.4) is 0 Å². The average molecular weight is 498 g/mol. The highest BCUT2D eigenvalue weighted by Gasteiger charge is 2.54. The smallest absolute Gasteiger partial charge is 0.218 e. The van der Waals surface area contributed by atoms with Crippen molar-refractivity contribution in [2.75, 3.05) is 26.2 Å². The van der Waals surface area contributed by atoms with Gasteiger partial charge in [0.15, 0.2) is 11.9 Å². The van der Waals surface area contributed by atoms with Crippen LogP contribution in [0.2, 0.25) is 0 Å². The van der Waals surface area contributed by atoms with Crippen molar-refractivity contribution in [1.82, 2.24) is 9.21 Å². The minimum atomic E-state index is -3.46. The molecule has 5 rings (SSSR count). The molecule has 3 aliphatic heterocycles. The maximum Gasteiger partial charge on any atom is 0.218 e. The van der Waals surface area contributed by atoms with E-state index in [1.807, 2.05) is 30.3 Å². The maximum absolute atomic E-state index is 13.3. The van der Waals surface area contributed by atoms with Crippen molar-refractivity contribution in [1.29, 1.82) is 0 Å². The van der Waals surface area contributed by atoms with Gasteiger partial charge in [0.2, 0.25) is 10.0 Å². The zero-order chi connectivity index (χ0) is 24.5. The fourth-order valence-electron chi connectivity index (χ4n) is 5.35. The van der Waals surface area contributed by atoms with Crippen LogP contribution in [0.25, 0.3) is 5.57 Å². The van der Waals surface area contributed by atoms with Crippen molar-refractivity contribution in [3.8, 4) is 0 Å². The summed E-state index contributed by atoms with van der Waals surface area (Å²) in [7, 11) is -3.46. The largest absolute Gasteiger partial charge is 0.387 e. The summed E-state index contributed by atoms with van der Waals surface area (Å²) in [5.41, 5.74) is 2.51. The van der Waals surface area contributed by atoms with Gasteiger partial charge in [0.25, 0.3) is 0 Å². The molecule has 3 heterocycles. The number of hydrogen-bond donors (Lipinski definition) is 0. The number of carbonyl (C=O) groups is 1. The molecule has 9 heteroatoms. The molecule has 0 aromatic heterocycles. The van der Waals surface area contributed by atoms with E-state index in [0.717, 1.165) is 29.4 Å². The minimum Gasteiger partial charge on any atom is -0.387 e. The minimum absolute atomic E-state index is 0.0374. The van der Waals surface area contributed by atoms with Crippen LogP contribution in [0, 0.1) is 5.82 Å². The molecule has 0 bridgehead atoms. The number of nitrogens with zero attached hydrogens (tertiary/aromatic N) is 3. The highest BCUT2D eigenvalue weighted by molar-refractivity contribution is 7.88. The van der Waals surface area contributed by atoms with Crippen molar-refractivity contribution in [2.45, 2.75) is 36.7 Å². The predicted molar refractivity (Wildman–Crippen MR) is 132 cm³/mol. The lowest BCUT2D eigenvalue weighted by Gasteiger charge is -2.44. The lowest BCUT2D eigenvalue weighted by Crippen LogP contribution is -2.60. The summed E-state index contributed by atoms with van der Waals surface area (Å²) in [6.07, 6.45) is 4.51. The van der Waals surface area contributed by atoms with Gasteiger partial charge in [0.1, 0.15) is 17.6 Å². The molecular weight excluding hydrogens is 469 g/mol. The number of piperidine rings is 1. The molecule has 0 saturated carbocycles. The van der Waals surface area contributed by atoms with Gasteiger partial charge in [0.05, 0.1) is 5.75 Å². The standard InChI is InChI=1S/C26H28FN3O4S/c27-23-8-6-21(7-9-23)22-10-14-29(15-11-22)25-24(18-31)28-34-26(25)12-16-30(17-13-26)35(32,33)19-20-4-2-1-3-5-20/h1-10,18,25H,11-17,19H2. The van der Waals surface area contributed by atoms with Gasteiger partial charge in [0, 0.05) is 39.0 Å². The molecule has 0 radical (unpaired) electrons. The molecule has 3 aliphatic rings. The molecule has 2 aromatic carbocycles. The van der Waals surface area contributed by atoms with Crippen molar-refractivity contribution in [2.24, 2.45) is 5.16 Å². The monoisotopic (exact) mass is 497 g/mol. The van der Waals surface area contributed by atoms with E-state index in [-0.39, 0.29) is 17.6 Å². The normalized spacial score (nSPS) is 22.9. The van der Waals surface area contributed by atoms with E-state index in [1.54, 1.807) is 12.1 Å². The Kier molecular flexibility index (Phi) is 6.57. The first-order chi connectivity index (χ1) is 16.9. The summed E-state index contributed by atoms with van der Waals surface area (Å²) < 4.78 is 40.8. The molecular formula is C26H28FN3O4S. The van der Waals surface area contributed by atoms with Crippen molar-refractivity contribution in [3.05, 3.63) is 77.6 Å². The zero-order valence-electron chi connectivity index (χ0n) is 19.3. The van der Waals surface area contributed by atoms with Crippen LogP contribution in [0.1, 0.15) is 30.4 Å². The number of benzene rings is 2. The fourth-order valence-corrected chi connectivity index (χ4v) is 6.88. The third-order valence-electron chi connectivity index (χ3n) is 7.21. The molecule has 1 saturated heterocycles. The summed E-state index contributed by atoms with van der Waals surface area (Å²) in [6.45, 7) is 1.93. The van der Waals surface area contributed by atoms with Crippen LogP contribution >= 0.6 is 0 Å². The second-order valence-electron chi connectivity index (χ2n) is 9.31. The number of oxime groups is 1. The van der Waals surface area contributed by atoms with Crippen LogP contribution in [-0.2, 0) is 25.4 Å². The fraction of sp³-hybridized carbons (Fsp3) is 0.385. The molecule has 0 amide bonds. The summed E-state index contributed by atoms with van der Waals surface area (Å²) in [5.74, 6) is -0.301. The van der Waals surface area contributed by atoms with Gasteiger partial charge in [-0.3, -0.25) is 9.69 Å². The highest BCUT2D eigenvalue weighted by atomic mass is 32.2. The van der Waals surface area contributed by atoms with E-state index >= 15 is 0 Å². The summed E-state index contributed by atoms with van der Waals surface area (Å²) in [6, 6.07) is 15.3. The molecule has 1 spiro atoms. The molecule has 0 N–H and O–H groups in total. The van der Waals surface area contributed by atoms with Crippen molar-refractivity contribution in [3.63, 3.8) is 0 Å². The van der Waals surface area contributed by atoms with Gasteiger partial charge in [-0.15, -0.1) is 0 Å². The third-order valence-corrected chi connectivity index (χ3v) is 9.06. The maximum atomic E-state index is 13.3. The van der Waals surface area contributed by atoms with Crippen LogP contribution in [0.4, 0.5) is 4.39 Å². The van der Waals surface area contributed by atoms with Crippen molar-refractivity contribution < 1.29 is 22.4 Å². The van der Waals surface area contributed by atoms with Gasteiger partial charge in [-0.2, -0.15) is 0 Å². The van der Waals surface area contributed by atoms with Gasteiger partial charge >= 0.3 is 0 Å². The van der Waals surface area contributed by atoms with Crippen LogP contribution in [0.15, 0.2) is 65.8 Å². The van der Waals surface area contributed by atoms with E-state index in [1.165, 1.54) is 16.4 Å². The van der Waals surface area contributed by atoms with Gasteiger partial charge in [-0.05, 0) is 35.3 Å². The number of rotatable bonds is 6. The van der Waals surface area contributed by atoms with E-state index in [2.05, 4.69) is 16.1 Å².